The second kappa shape index (κ2) is 4.12. The fourth-order valence-corrected chi connectivity index (χ4v) is 2.46. The predicted molar refractivity (Wildman–Crippen MR) is 60.1 cm³/mol. The summed E-state index contributed by atoms with van der Waals surface area (Å²) in [5, 5.41) is 0. The van der Waals surface area contributed by atoms with E-state index in [1.165, 1.54) is 6.42 Å². The summed E-state index contributed by atoms with van der Waals surface area (Å²) >= 11 is 0. The third-order valence-corrected chi connectivity index (χ3v) is 3.12. The van der Waals surface area contributed by atoms with Crippen LogP contribution in [0.5, 0.6) is 0 Å². The lowest BCUT2D eigenvalue weighted by molar-refractivity contribution is -0.120. The molecule has 1 atom stereocenters. The van der Waals surface area contributed by atoms with E-state index in [-0.39, 0.29) is 17.1 Å². The highest BCUT2D eigenvalue weighted by molar-refractivity contribution is 5.94. The van der Waals surface area contributed by atoms with Gasteiger partial charge in [-0.1, -0.05) is 32.1 Å². The molecule has 1 aliphatic carbocycles. The summed E-state index contributed by atoms with van der Waals surface area (Å²) in [6.07, 6.45) is 6.81. The largest absolute Gasteiger partial charge is 0.294 e. The van der Waals surface area contributed by atoms with Crippen molar-refractivity contribution in [2.24, 2.45) is 11.3 Å². The Labute approximate surface area is 86.9 Å². The lowest BCUT2D eigenvalue weighted by Crippen LogP contribution is -2.34. The highest BCUT2D eigenvalue weighted by atomic mass is 16.1. The molecule has 0 aliphatic heterocycles. The standard InChI is InChI=1S/C13H20O/c1-5-7-11(14)12-10(2)8-6-9-13(12,3)4/h5,7,12H,2,6,8-9H2,1,3-4H3/b7-5+/t12-/m1/s1. The zero-order valence-corrected chi connectivity index (χ0v) is 9.47. The number of rotatable bonds is 2. The first-order chi connectivity index (χ1) is 6.49. The van der Waals surface area contributed by atoms with Gasteiger partial charge in [0.05, 0.1) is 0 Å². The lowest BCUT2D eigenvalue weighted by Gasteiger charge is -2.38. The molecule has 1 nitrogen and oxygen atoms in total. The van der Waals surface area contributed by atoms with E-state index in [0.29, 0.717) is 0 Å². The van der Waals surface area contributed by atoms with E-state index in [0.717, 1.165) is 18.4 Å². The molecule has 1 aliphatic rings. The first-order valence-electron chi connectivity index (χ1n) is 5.33. The van der Waals surface area contributed by atoms with Crippen molar-refractivity contribution in [3.05, 3.63) is 24.3 Å². The average Bonchev–Trinajstić information content (AvgIpc) is 2.02. The van der Waals surface area contributed by atoms with Gasteiger partial charge >= 0.3 is 0 Å². The Morgan fingerprint density at radius 3 is 2.71 bits per heavy atom. The van der Waals surface area contributed by atoms with Gasteiger partial charge in [-0.25, -0.2) is 0 Å². The van der Waals surface area contributed by atoms with Crippen molar-refractivity contribution < 1.29 is 4.79 Å². The molecule has 1 saturated carbocycles. The van der Waals surface area contributed by atoms with E-state index in [1.54, 1.807) is 6.08 Å². The summed E-state index contributed by atoms with van der Waals surface area (Å²) in [6, 6.07) is 0. The summed E-state index contributed by atoms with van der Waals surface area (Å²) in [4.78, 5) is 11.9. The van der Waals surface area contributed by atoms with E-state index in [1.807, 2.05) is 13.0 Å². The minimum atomic E-state index is 0.0347. The molecular formula is C13H20O. The van der Waals surface area contributed by atoms with Crippen LogP contribution in [-0.2, 0) is 4.79 Å². The summed E-state index contributed by atoms with van der Waals surface area (Å²) in [5.41, 5.74) is 1.20. The van der Waals surface area contributed by atoms with Crippen molar-refractivity contribution >= 4 is 5.78 Å². The molecule has 0 spiro atoms. The normalized spacial score (nSPS) is 26.8. The second-order valence-electron chi connectivity index (χ2n) is 4.84. The quantitative estimate of drug-likeness (QED) is 0.483. The molecule has 0 radical (unpaired) electrons. The van der Waals surface area contributed by atoms with E-state index in [4.69, 9.17) is 0 Å². The minimum absolute atomic E-state index is 0.0347. The van der Waals surface area contributed by atoms with Crippen molar-refractivity contribution in [3.8, 4) is 0 Å². The number of hydrogen-bond donors (Lipinski definition) is 0. The summed E-state index contributed by atoms with van der Waals surface area (Å²) in [7, 11) is 0. The molecular weight excluding hydrogens is 172 g/mol. The van der Waals surface area contributed by atoms with Crippen LogP contribution in [0.4, 0.5) is 0 Å². The van der Waals surface area contributed by atoms with Crippen LogP contribution in [0, 0.1) is 11.3 Å². The van der Waals surface area contributed by atoms with Crippen LogP contribution in [0.3, 0.4) is 0 Å². The number of carbonyl (C=O) groups is 1. The smallest absolute Gasteiger partial charge is 0.162 e. The fraction of sp³-hybridized carbons (Fsp3) is 0.615. The lowest BCUT2D eigenvalue weighted by atomic mass is 9.65. The van der Waals surface area contributed by atoms with Gasteiger partial charge < -0.3 is 0 Å². The highest BCUT2D eigenvalue weighted by Crippen LogP contribution is 2.43. The Balaban J connectivity index is 2.90. The Kier molecular flexibility index (Phi) is 3.30. The topological polar surface area (TPSA) is 17.1 Å². The maximum absolute atomic E-state index is 11.9. The monoisotopic (exact) mass is 192 g/mol. The Morgan fingerprint density at radius 2 is 2.21 bits per heavy atom. The number of hydrogen-bond acceptors (Lipinski definition) is 1. The SMILES string of the molecule is C=C1CCCC(C)(C)[C@H]1C(=O)/C=C/C. The summed E-state index contributed by atoms with van der Waals surface area (Å²) in [6.45, 7) is 10.3. The van der Waals surface area contributed by atoms with Crippen LogP contribution in [0.2, 0.25) is 0 Å². The van der Waals surface area contributed by atoms with Crippen molar-refractivity contribution in [1.29, 1.82) is 0 Å². The average molecular weight is 192 g/mol. The van der Waals surface area contributed by atoms with E-state index in [2.05, 4.69) is 20.4 Å². The number of carbonyl (C=O) groups excluding carboxylic acids is 1. The molecule has 0 aromatic heterocycles. The molecule has 1 heteroatoms. The predicted octanol–water partition coefficient (Wildman–Crippen LogP) is 3.51. The third kappa shape index (κ3) is 2.14. The molecule has 0 N–H and O–H groups in total. The van der Waals surface area contributed by atoms with Crippen LogP contribution in [0.1, 0.15) is 40.0 Å². The van der Waals surface area contributed by atoms with Gasteiger partial charge in [-0.15, -0.1) is 0 Å². The van der Waals surface area contributed by atoms with Crippen LogP contribution >= 0.6 is 0 Å². The van der Waals surface area contributed by atoms with Gasteiger partial charge in [0.1, 0.15) is 0 Å². The zero-order valence-electron chi connectivity index (χ0n) is 9.47. The van der Waals surface area contributed by atoms with Crippen LogP contribution < -0.4 is 0 Å². The zero-order chi connectivity index (χ0) is 10.8. The first kappa shape index (κ1) is 11.2. The van der Waals surface area contributed by atoms with Gasteiger partial charge in [-0.05, 0) is 37.7 Å². The molecule has 0 amide bonds. The summed E-state index contributed by atoms with van der Waals surface area (Å²) in [5.74, 6) is 0.259. The van der Waals surface area contributed by atoms with Crippen molar-refractivity contribution in [1.82, 2.24) is 0 Å². The van der Waals surface area contributed by atoms with Gasteiger partial charge in [0.15, 0.2) is 5.78 Å². The first-order valence-corrected chi connectivity index (χ1v) is 5.33. The van der Waals surface area contributed by atoms with Crippen LogP contribution in [-0.4, -0.2) is 5.78 Å². The summed E-state index contributed by atoms with van der Waals surface area (Å²) < 4.78 is 0. The molecule has 0 aromatic rings. The molecule has 0 heterocycles. The molecule has 0 saturated heterocycles. The van der Waals surface area contributed by atoms with E-state index in [9.17, 15) is 4.79 Å². The second-order valence-corrected chi connectivity index (χ2v) is 4.84. The Morgan fingerprint density at radius 1 is 1.57 bits per heavy atom. The maximum Gasteiger partial charge on any atom is 0.162 e. The Hall–Kier alpha value is -0.850. The fourth-order valence-electron chi connectivity index (χ4n) is 2.46. The minimum Gasteiger partial charge on any atom is -0.294 e. The van der Waals surface area contributed by atoms with Crippen LogP contribution in [0.15, 0.2) is 24.3 Å². The van der Waals surface area contributed by atoms with E-state index < -0.39 is 0 Å². The number of ketones is 1. The molecule has 78 valence electrons. The van der Waals surface area contributed by atoms with Crippen LogP contribution in [0.25, 0.3) is 0 Å². The molecule has 0 bridgehead atoms. The van der Waals surface area contributed by atoms with Gasteiger partial charge in [0, 0.05) is 5.92 Å². The van der Waals surface area contributed by atoms with Crippen molar-refractivity contribution in [2.75, 3.05) is 0 Å². The maximum atomic E-state index is 11.9. The highest BCUT2D eigenvalue weighted by Gasteiger charge is 2.38. The van der Waals surface area contributed by atoms with Gasteiger partial charge in [-0.2, -0.15) is 0 Å². The molecule has 0 unspecified atom stereocenters. The molecule has 0 aromatic carbocycles. The van der Waals surface area contributed by atoms with Gasteiger partial charge in [-0.3, -0.25) is 4.79 Å². The van der Waals surface area contributed by atoms with E-state index >= 15 is 0 Å². The van der Waals surface area contributed by atoms with Crippen molar-refractivity contribution in [2.45, 2.75) is 40.0 Å². The molecule has 1 rings (SSSR count). The Bertz CT molecular complexity index is 271. The third-order valence-electron chi connectivity index (χ3n) is 3.12. The van der Waals surface area contributed by atoms with Gasteiger partial charge in [0.2, 0.25) is 0 Å². The molecule has 1 fully saturated rings. The number of allylic oxidation sites excluding steroid dienone is 3. The van der Waals surface area contributed by atoms with Gasteiger partial charge in [0.25, 0.3) is 0 Å². The molecule has 14 heavy (non-hydrogen) atoms. The van der Waals surface area contributed by atoms with Crippen molar-refractivity contribution in [3.63, 3.8) is 0 Å².